The van der Waals surface area contributed by atoms with Crippen LogP contribution in [0.15, 0.2) is 36.4 Å². The average molecular weight is 249 g/mol. The van der Waals surface area contributed by atoms with E-state index >= 15 is 0 Å². The summed E-state index contributed by atoms with van der Waals surface area (Å²) in [6.45, 7) is 1.56. The van der Waals surface area contributed by atoms with E-state index in [1.54, 1.807) is 0 Å². The van der Waals surface area contributed by atoms with Gasteiger partial charge in [-0.1, -0.05) is 18.2 Å². The predicted molar refractivity (Wildman–Crippen MR) is 71.6 cm³/mol. The summed E-state index contributed by atoms with van der Waals surface area (Å²) < 4.78 is 9.56. The molecule has 0 fully saturated rings. The molecule has 0 aliphatic heterocycles. The minimum atomic E-state index is 0.568. The maximum absolute atomic E-state index is 5.57. The van der Waals surface area contributed by atoms with Crippen molar-refractivity contribution in [3.8, 4) is 5.75 Å². The Labute approximate surface area is 105 Å². The van der Waals surface area contributed by atoms with Crippen molar-refractivity contribution in [3.05, 3.63) is 36.4 Å². The number of aromatic nitrogens is 1. The summed E-state index contributed by atoms with van der Waals surface area (Å²) in [5.41, 5.74) is 5.52. The monoisotopic (exact) mass is 249 g/mol. The van der Waals surface area contributed by atoms with E-state index in [1.165, 1.54) is 11.5 Å². The van der Waals surface area contributed by atoms with E-state index in [0.29, 0.717) is 12.4 Å². The number of nitrogen functional groups attached to an aromatic ring is 1. The molecule has 0 atom stereocenters. The molecule has 1 heterocycles. The number of rotatable bonds is 6. The lowest BCUT2D eigenvalue weighted by molar-refractivity contribution is 0.315. The summed E-state index contributed by atoms with van der Waals surface area (Å²) >= 11 is 1.38. The van der Waals surface area contributed by atoms with Crippen LogP contribution in [-0.4, -0.2) is 17.5 Å². The van der Waals surface area contributed by atoms with Crippen molar-refractivity contribution < 1.29 is 4.74 Å². The first kappa shape index (κ1) is 11.7. The van der Waals surface area contributed by atoms with Crippen LogP contribution >= 0.6 is 11.5 Å². The second kappa shape index (κ2) is 6.10. The van der Waals surface area contributed by atoms with Crippen LogP contribution in [0.5, 0.6) is 5.75 Å². The third-order valence-electron chi connectivity index (χ3n) is 2.16. The van der Waals surface area contributed by atoms with Crippen molar-refractivity contribution in [1.82, 2.24) is 4.37 Å². The Morgan fingerprint density at radius 1 is 1.29 bits per heavy atom. The summed E-state index contributed by atoms with van der Waals surface area (Å²) in [7, 11) is 0. The van der Waals surface area contributed by atoms with Gasteiger partial charge < -0.3 is 15.8 Å². The standard InChI is InChI=1S/C12H15N3OS/c13-11-9-12(17-15-11)14-7-4-8-16-10-5-2-1-3-6-10/h1-3,5-6,9,14H,4,7-8H2,(H2,13,15). The van der Waals surface area contributed by atoms with Gasteiger partial charge in [0.05, 0.1) is 6.61 Å². The number of hydrogen-bond donors (Lipinski definition) is 2. The Morgan fingerprint density at radius 2 is 2.12 bits per heavy atom. The van der Waals surface area contributed by atoms with E-state index in [2.05, 4.69) is 9.69 Å². The van der Waals surface area contributed by atoms with Gasteiger partial charge in [-0.05, 0) is 30.1 Å². The van der Waals surface area contributed by atoms with Crippen molar-refractivity contribution in [2.24, 2.45) is 0 Å². The number of nitrogens with one attached hydrogen (secondary N) is 1. The Morgan fingerprint density at radius 3 is 2.82 bits per heavy atom. The van der Waals surface area contributed by atoms with E-state index < -0.39 is 0 Å². The molecule has 90 valence electrons. The number of nitrogens with zero attached hydrogens (tertiary/aromatic N) is 1. The lowest BCUT2D eigenvalue weighted by Crippen LogP contribution is -2.06. The van der Waals surface area contributed by atoms with Crippen LogP contribution in [-0.2, 0) is 0 Å². The summed E-state index contributed by atoms with van der Waals surface area (Å²) in [5.74, 6) is 1.48. The van der Waals surface area contributed by atoms with Crippen molar-refractivity contribution in [3.63, 3.8) is 0 Å². The van der Waals surface area contributed by atoms with Gasteiger partial charge in [0.2, 0.25) is 0 Å². The Hall–Kier alpha value is -1.75. The van der Waals surface area contributed by atoms with Crippen LogP contribution in [0.4, 0.5) is 10.8 Å². The molecule has 17 heavy (non-hydrogen) atoms. The van der Waals surface area contributed by atoms with Gasteiger partial charge in [0, 0.05) is 12.6 Å². The number of para-hydroxylation sites is 1. The molecule has 0 bridgehead atoms. The van der Waals surface area contributed by atoms with E-state index in [0.717, 1.165) is 23.7 Å². The third-order valence-corrected chi connectivity index (χ3v) is 2.92. The van der Waals surface area contributed by atoms with Crippen LogP contribution in [0.1, 0.15) is 6.42 Å². The number of nitrogens with two attached hydrogens (primary N) is 1. The van der Waals surface area contributed by atoms with Gasteiger partial charge in [0.1, 0.15) is 16.6 Å². The molecule has 1 aromatic carbocycles. The summed E-state index contributed by atoms with van der Waals surface area (Å²) in [6, 6.07) is 11.7. The molecule has 3 N–H and O–H groups in total. The summed E-state index contributed by atoms with van der Waals surface area (Å²) in [5, 5.41) is 4.25. The van der Waals surface area contributed by atoms with Crippen LogP contribution in [0.2, 0.25) is 0 Å². The smallest absolute Gasteiger partial charge is 0.139 e. The first-order valence-electron chi connectivity index (χ1n) is 5.48. The zero-order valence-electron chi connectivity index (χ0n) is 9.43. The zero-order valence-corrected chi connectivity index (χ0v) is 10.2. The predicted octanol–water partition coefficient (Wildman–Crippen LogP) is 2.61. The third kappa shape index (κ3) is 3.96. The number of hydrogen-bond acceptors (Lipinski definition) is 5. The molecule has 0 spiro atoms. The van der Waals surface area contributed by atoms with Crippen molar-refractivity contribution in [2.45, 2.75) is 6.42 Å². The summed E-state index contributed by atoms with van der Waals surface area (Å²) in [6.07, 6.45) is 0.937. The molecule has 1 aromatic heterocycles. The van der Waals surface area contributed by atoms with Crippen LogP contribution in [0.25, 0.3) is 0 Å². The van der Waals surface area contributed by atoms with Gasteiger partial charge in [0.15, 0.2) is 0 Å². The maximum atomic E-state index is 5.57. The second-order valence-corrected chi connectivity index (χ2v) is 4.36. The molecule has 0 saturated heterocycles. The molecule has 0 radical (unpaired) electrons. The number of benzene rings is 1. The SMILES string of the molecule is Nc1cc(NCCCOc2ccccc2)sn1. The van der Waals surface area contributed by atoms with E-state index in [4.69, 9.17) is 10.5 Å². The fourth-order valence-electron chi connectivity index (χ4n) is 1.36. The largest absolute Gasteiger partial charge is 0.494 e. The fraction of sp³-hybridized carbons (Fsp3) is 0.250. The highest BCUT2D eigenvalue weighted by Gasteiger charge is 1.97. The normalized spacial score (nSPS) is 10.1. The van der Waals surface area contributed by atoms with Gasteiger partial charge in [-0.2, -0.15) is 4.37 Å². The lowest BCUT2D eigenvalue weighted by atomic mass is 10.3. The highest BCUT2D eigenvalue weighted by molar-refractivity contribution is 7.10. The fourth-order valence-corrected chi connectivity index (χ4v) is 1.96. The lowest BCUT2D eigenvalue weighted by Gasteiger charge is -2.06. The van der Waals surface area contributed by atoms with Crippen LogP contribution < -0.4 is 15.8 Å². The van der Waals surface area contributed by atoms with Gasteiger partial charge in [-0.3, -0.25) is 0 Å². The Balaban J connectivity index is 1.61. The van der Waals surface area contributed by atoms with Gasteiger partial charge in [0.25, 0.3) is 0 Å². The quantitative estimate of drug-likeness (QED) is 0.773. The highest BCUT2D eigenvalue weighted by atomic mass is 32.1. The summed E-state index contributed by atoms with van der Waals surface area (Å²) in [4.78, 5) is 0. The topological polar surface area (TPSA) is 60.2 Å². The Kier molecular flexibility index (Phi) is 4.21. The van der Waals surface area contributed by atoms with E-state index in [9.17, 15) is 0 Å². The maximum Gasteiger partial charge on any atom is 0.139 e. The molecule has 0 unspecified atom stereocenters. The Bertz CT molecular complexity index is 444. The van der Waals surface area contributed by atoms with Gasteiger partial charge in [-0.15, -0.1) is 0 Å². The minimum absolute atomic E-state index is 0.568. The minimum Gasteiger partial charge on any atom is -0.494 e. The average Bonchev–Trinajstić information content (AvgIpc) is 2.76. The van der Waals surface area contributed by atoms with Crippen molar-refractivity contribution >= 4 is 22.4 Å². The molecule has 2 rings (SSSR count). The number of anilines is 2. The first-order chi connectivity index (χ1) is 8.34. The highest BCUT2D eigenvalue weighted by Crippen LogP contribution is 2.17. The van der Waals surface area contributed by atoms with E-state index in [1.807, 2.05) is 36.4 Å². The number of ether oxygens (including phenoxy) is 1. The molecule has 4 nitrogen and oxygen atoms in total. The molecular formula is C12H15N3OS. The molecule has 2 aromatic rings. The molecule has 0 amide bonds. The van der Waals surface area contributed by atoms with Crippen molar-refractivity contribution in [2.75, 3.05) is 24.2 Å². The zero-order chi connectivity index (χ0) is 11.9. The second-order valence-electron chi connectivity index (χ2n) is 3.56. The van der Waals surface area contributed by atoms with Gasteiger partial charge in [-0.25, -0.2) is 0 Å². The molecule has 0 aliphatic carbocycles. The van der Waals surface area contributed by atoms with E-state index in [-0.39, 0.29) is 0 Å². The molecular weight excluding hydrogens is 234 g/mol. The molecule has 0 saturated carbocycles. The van der Waals surface area contributed by atoms with Crippen LogP contribution in [0, 0.1) is 0 Å². The molecule has 5 heteroatoms. The van der Waals surface area contributed by atoms with Gasteiger partial charge >= 0.3 is 0 Å². The first-order valence-corrected chi connectivity index (χ1v) is 6.26. The van der Waals surface area contributed by atoms with Crippen molar-refractivity contribution in [1.29, 1.82) is 0 Å². The van der Waals surface area contributed by atoms with Crippen LogP contribution in [0.3, 0.4) is 0 Å². The molecule has 0 aliphatic rings.